The molecule has 0 fully saturated rings. The molecule has 0 aliphatic carbocycles. The van der Waals surface area contributed by atoms with E-state index in [-0.39, 0.29) is 5.78 Å². The van der Waals surface area contributed by atoms with Crippen LogP contribution in [0.5, 0.6) is 0 Å². The third kappa shape index (κ3) is 2.02. The zero-order chi connectivity index (χ0) is 9.80. The Bertz CT molecular complexity index is 395. The Morgan fingerprint density at radius 3 is 3.14 bits per heavy atom. The maximum Gasteiger partial charge on any atom is 0.174 e. The highest BCUT2D eigenvalue weighted by Crippen LogP contribution is 2.11. The number of Topliss-reactive ketones (excluding diaryl/α,β-unsaturated/α-hetero) is 1. The molecule has 2 rings (SSSR count). The van der Waals surface area contributed by atoms with Crippen LogP contribution in [-0.2, 0) is 6.54 Å². The molecule has 14 heavy (non-hydrogen) atoms. The number of carbonyl (C=O) groups excluding carboxylic acids is 1. The van der Waals surface area contributed by atoms with Gasteiger partial charge < -0.3 is 0 Å². The molecular formula is C8H8N4OS. The predicted octanol–water partition coefficient (Wildman–Crippen LogP) is 1.01. The summed E-state index contributed by atoms with van der Waals surface area (Å²) in [6, 6.07) is 3.69. The molecule has 2 aromatic rings. The molecule has 6 heteroatoms. The Kier molecular flexibility index (Phi) is 2.64. The second kappa shape index (κ2) is 4.10. The number of thiophene rings is 1. The van der Waals surface area contributed by atoms with Crippen LogP contribution >= 0.6 is 11.3 Å². The number of nitrogens with zero attached hydrogens (tertiary/aromatic N) is 4. The molecule has 2 aromatic heterocycles. The molecule has 0 N–H and O–H groups in total. The van der Waals surface area contributed by atoms with Gasteiger partial charge in [-0.25, -0.2) is 0 Å². The van der Waals surface area contributed by atoms with Crippen LogP contribution in [0.3, 0.4) is 0 Å². The van der Waals surface area contributed by atoms with E-state index in [1.807, 2.05) is 17.5 Å². The van der Waals surface area contributed by atoms with Crippen molar-refractivity contribution in [3.8, 4) is 0 Å². The lowest BCUT2D eigenvalue weighted by Crippen LogP contribution is -2.07. The summed E-state index contributed by atoms with van der Waals surface area (Å²) in [6.45, 7) is 0.483. The van der Waals surface area contributed by atoms with E-state index >= 15 is 0 Å². The molecule has 2 heterocycles. The molecule has 0 aromatic carbocycles. The van der Waals surface area contributed by atoms with Crippen molar-refractivity contribution in [2.24, 2.45) is 0 Å². The first-order valence-corrected chi connectivity index (χ1v) is 5.02. The maximum atomic E-state index is 11.5. The second-order valence-electron chi connectivity index (χ2n) is 2.68. The standard InChI is InChI=1S/C8H8N4OS/c13-7(8-2-1-5-14-8)3-4-12-10-6-9-11-12/h1-2,5-6H,3-4H2. The molecule has 0 saturated carbocycles. The van der Waals surface area contributed by atoms with Gasteiger partial charge in [-0.2, -0.15) is 4.80 Å². The Balaban J connectivity index is 1.90. The minimum Gasteiger partial charge on any atom is -0.293 e. The Labute approximate surface area is 84.4 Å². The van der Waals surface area contributed by atoms with Crippen LogP contribution in [0.2, 0.25) is 0 Å². The van der Waals surface area contributed by atoms with Crippen LogP contribution in [-0.4, -0.2) is 26.0 Å². The fourth-order valence-corrected chi connectivity index (χ4v) is 1.75. The van der Waals surface area contributed by atoms with Crippen molar-refractivity contribution in [2.45, 2.75) is 13.0 Å². The molecule has 0 saturated heterocycles. The summed E-state index contributed by atoms with van der Waals surface area (Å²) in [4.78, 5) is 13.7. The quantitative estimate of drug-likeness (QED) is 0.703. The minimum absolute atomic E-state index is 0.123. The fraction of sp³-hybridized carbons (Fsp3) is 0.250. The number of aryl methyl sites for hydroxylation is 1. The highest BCUT2D eigenvalue weighted by molar-refractivity contribution is 7.12. The minimum atomic E-state index is 0.123. The van der Waals surface area contributed by atoms with Crippen molar-refractivity contribution >= 4 is 17.1 Å². The van der Waals surface area contributed by atoms with Gasteiger partial charge >= 0.3 is 0 Å². The number of rotatable bonds is 4. The van der Waals surface area contributed by atoms with Gasteiger partial charge in [0.05, 0.1) is 11.4 Å². The summed E-state index contributed by atoms with van der Waals surface area (Å²) in [7, 11) is 0. The monoisotopic (exact) mass is 208 g/mol. The second-order valence-corrected chi connectivity index (χ2v) is 3.63. The average molecular weight is 208 g/mol. The fourth-order valence-electron chi connectivity index (χ4n) is 1.05. The zero-order valence-electron chi connectivity index (χ0n) is 7.33. The molecule has 0 aliphatic rings. The van der Waals surface area contributed by atoms with E-state index in [9.17, 15) is 4.79 Å². The van der Waals surface area contributed by atoms with Gasteiger partial charge in [0, 0.05) is 6.42 Å². The number of hydrogen-bond donors (Lipinski definition) is 0. The molecule has 0 unspecified atom stereocenters. The van der Waals surface area contributed by atoms with Crippen molar-refractivity contribution in [3.05, 3.63) is 28.7 Å². The van der Waals surface area contributed by atoms with Crippen molar-refractivity contribution in [1.82, 2.24) is 20.2 Å². The third-order valence-corrected chi connectivity index (χ3v) is 2.64. The van der Waals surface area contributed by atoms with E-state index in [4.69, 9.17) is 0 Å². The Hall–Kier alpha value is -1.56. The van der Waals surface area contributed by atoms with E-state index in [0.717, 1.165) is 4.88 Å². The smallest absolute Gasteiger partial charge is 0.174 e. The SMILES string of the molecule is O=C(CCn1ncnn1)c1cccs1. The van der Waals surface area contributed by atoms with E-state index < -0.39 is 0 Å². The topological polar surface area (TPSA) is 60.7 Å². The number of hydrogen-bond acceptors (Lipinski definition) is 5. The van der Waals surface area contributed by atoms with Crippen LogP contribution in [0.1, 0.15) is 16.1 Å². The van der Waals surface area contributed by atoms with Crippen LogP contribution in [0.15, 0.2) is 23.8 Å². The number of aromatic nitrogens is 4. The number of tetrazole rings is 1. The summed E-state index contributed by atoms with van der Waals surface area (Å²) < 4.78 is 0. The third-order valence-electron chi connectivity index (χ3n) is 1.73. The highest BCUT2D eigenvalue weighted by atomic mass is 32.1. The highest BCUT2D eigenvalue weighted by Gasteiger charge is 2.06. The number of ketones is 1. The van der Waals surface area contributed by atoms with Crippen molar-refractivity contribution < 1.29 is 4.79 Å². The molecule has 0 bridgehead atoms. The lowest BCUT2D eigenvalue weighted by molar-refractivity contribution is 0.0977. The molecule has 0 radical (unpaired) electrons. The van der Waals surface area contributed by atoms with Crippen molar-refractivity contribution in [2.75, 3.05) is 0 Å². The lowest BCUT2D eigenvalue weighted by Gasteiger charge is -1.96. The van der Waals surface area contributed by atoms with E-state index in [1.165, 1.54) is 22.5 Å². The normalized spacial score (nSPS) is 10.3. The first-order chi connectivity index (χ1) is 6.86. The van der Waals surface area contributed by atoms with Gasteiger partial charge in [0.25, 0.3) is 0 Å². The molecule has 5 nitrogen and oxygen atoms in total. The number of carbonyl (C=O) groups is 1. The van der Waals surface area contributed by atoms with Gasteiger partial charge in [-0.05, 0) is 16.7 Å². The average Bonchev–Trinajstić information content (AvgIpc) is 2.87. The lowest BCUT2D eigenvalue weighted by atomic mass is 10.2. The predicted molar refractivity (Wildman–Crippen MR) is 51.1 cm³/mol. The molecule has 0 amide bonds. The van der Waals surface area contributed by atoms with Gasteiger partial charge in [-0.15, -0.1) is 21.5 Å². The zero-order valence-corrected chi connectivity index (χ0v) is 8.15. The summed E-state index contributed by atoms with van der Waals surface area (Å²) in [5.41, 5.74) is 0. The first-order valence-electron chi connectivity index (χ1n) is 4.14. The van der Waals surface area contributed by atoms with Crippen molar-refractivity contribution in [1.29, 1.82) is 0 Å². The largest absolute Gasteiger partial charge is 0.293 e. The molecule has 0 spiro atoms. The van der Waals surface area contributed by atoms with Gasteiger partial charge in [-0.1, -0.05) is 6.07 Å². The summed E-state index contributed by atoms with van der Waals surface area (Å²) in [5, 5.41) is 12.9. The Morgan fingerprint density at radius 2 is 2.50 bits per heavy atom. The van der Waals surface area contributed by atoms with Crippen LogP contribution in [0.25, 0.3) is 0 Å². The molecular weight excluding hydrogens is 200 g/mol. The molecule has 0 atom stereocenters. The maximum absolute atomic E-state index is 11.5. The Morgan fingerprint density at radius 1 is 1.57 bits per heavy atom. The van der Waals surface area contributed by atoms with E-state index in [0.29, 0.717) is 13.0 Å². The van der Waals surface area contributed by atoms with Gasteiger partial charge in [-0.3, -0.25) is 4.79 Å². The first kappa shape index (κ1) is 9.01. The molecule has 0 aliphatic heterocycles. The van der Waals surface area contributed by atoms with E-state index in [2.05, 4.69) is 15.4 Å². The molecule has 72 valence electrons. The van der Waals surface area contributed by atoms with E-state index in [1.54, 1.807) is 0 Å². The van der Waals surface area contributed by atoms with Crippen LogP contribution < -0.4 is 0 Å². The van der Waals surface area contributed by atoms with Gasteiger partial charge in [0.15, 0.2) is 12.1 Å². The van der Waals surface area contributed by atoms with Gasteiger partial charge in [0.1, 0.15) is 0 Å². The van der Waals surface area contributed by atoms with Crippen molar-refractivity contribution in [3.63, 3.8) is 0 Å². The summed E-state index contributed by atoms with van der Waals surface area (Å²) >= 11 is 1.45. The van der Waals surface area contributed by atoms with Crippen LogP contribution in [0, 0.1) is 0 Å². The summed E-state index contributed by atoms with van der Waals surface area (Å²) in [6.07, 6.45) is 1.77. The van der Waals surface area contributed by atoms with Crippen LogP contribution in [0.4, 0.5) is 0 Å². The van der Waals surface area contributed by atoms with Gasteiger partial charge in [0.2, 0.25) is 0 Å². The summed E-state index contributed by atoms with van der Waals surface area (Å²) in [5.74, 6) is 0.123.